The number of hydrogen-bond acceptors (Lipinski definition) is 4. The van der Waals surface area contributed by atoms with E-state index in [9.17, 15) is 4.79 Å². The Morgan fingerprint density at radius 1 is 1.61 bits per heavy atom. The van der Waals surface area contributed by atoms with Crippen LogP contribution in [0, 0.1) is 0 Å². The third-order valence-corrected chi connectivity index (χ3v) is 4.80. The van der Waals surface area contributed by atoms with Crippen LogP contribution in [0.3, 0.4) is 0 Å². The molecule has 0 aliphatic carbocycles. The summed E-state index contributed by atoms with van der Waals surface area (Å²) >= 11 is 2.05. The normalized spacial score (nSPS) is 23.2. The summed E-state index contributed by atoms with van der Waals surface area (Å²) in [4.78, 5) is 14.3. The highest BCUT2D eigenvalue weighted by molar-refractivity contribution is 8.00. The predicted octanol–water partition coefficient (Wildman–Crippen LogP) is 2.18. The highest BCUT2D eigenvalue weighted by Crippen LogP contribution is 2.36. The van der Waals surface area contributed by atoms with Crippen LogP contribution in [0.5, 0.6) is 0 Å². The number of ether oxygens (including phenoxy) is 1. The van der Waals surface area contributed by atoms with Crippen molar-refractivity contribution in [2.75, 3.05) is 19.4 Å². The number of nitrogens with one attached hydrogen (secondary N) is 2. The smallest absolute Gasteiger partial charge is 0.354 e. The Hall–Kier alpha value is -0.940. The van der Waals surface area contributed by atoms with E-state index in [1.165, 1.54) is 25.7 Å². The molecule has 0 saturated carbocycles. The van der Waals surface area contributed by atoms with Crippen LogP contribution < -0.4 is 5.32 Å². The van der Waals surface area contributed by atoms with E-state index in [0.717, 1.165) is 18.8 Å². The first-order chi connectivity index (χ1) is 8.63. The molecule has 1 fully saturated rings. The number of esters is 1. The molecule has 0 radical (unpaired) electrons. The van der Waals surface area contributed by atoms with Gasteiger partial charge < -0.3 is 15.0 Å². The number of carbonyl (C=O) groups excluding carboxylic acids is 1. The van der Waals surface area contributed by atoms with E-state index in [-0.39, 0.29) is 5.97 Å². The molecule has 4 nitrogen and oxygen atoms in total. The van der Waals surface area contributed by atoms with Gasteiger partial charge in [0.2, 0.25) is 0 Å². The molecule has 0 amide bonds. The van der Waals surface area contributed by atoms with Gasteiger partial charge in [-0.15, -0.1) is 0 Å². The third-order valence-electron chi connectivity index (χ3n) is 3.27. The molecule has 2 N–H and O–H groups in total. The fourth-order valence-corrected chi connectivity index (χ4v) is 3.48. The van der Waals surface area contributed by atoms with Crippen molar-refractivity contribution < 1.29 is 9.53 Å². The third kappa shape index (κ3) is 3.29. The first kappa shape index (κ1) is 13.5. The van der Waals surface area contributed by atoms with Crippen LogP contribution in [0.25, 0.3) is 0 Å². The first-order valence-corrected chi connectivity index (χ1v) is 7.22. The van der Waals surface area contributed by atoms with E-state index < -0.39 is 0 Å². The van der Waals surface area contributed by atoms with Crippen molar-refractivity contribution in [1.82, 2.24) is 10.3 Å². The molecule has 0 spiro atoms. The molecule has 2 heterocycles. The lowest BCUT2D eigenvalue weighted by Crippen LogP contribution is -2.32. The van der Waals surface area contributed by atoms with Gasteiger partial charge in [-0.3, -0.25) is 0 Å². The fraction of sp³-hybridized carbons (Fsp3) is 0.615. The minimum atomic E-state index is -0.320. The summed E-state index contributed by atoms with van der Waals surface area (Å²) in [7, 11) is 1.39. The molecule has 100 valence electrons. The second kappa shape index (κ2) is 5.80. The van der Waals surface area contributed by atoms with Gasteiger partial charge >= 0.3 is 5.97 Å². The molecule has 0 aromatic carbocycles. The number of methoxy groups -OCH3 is 1. The molecule has 1 saturated heterocycles. The van der Waals surface area contributed by atoms with E-state index in [1.54, 1.807) is 6.07 Å². The molecule has 1 unspecified atom stereocenters. The second-order valence-electron chi connectivity index (χ2n) is 4.89. The molecule has 1 aromatic heterocycles. The molecule has 5 heteroatoms. The van der Waals surface area contributed by atoms with Crippen LogP contribution in [0.2, 0.25) is 0 Å². The van der Waals surface area contributed by atoms with E-state index in [1.807, 2.05) is 17.8 Å². The number of aromatic amines is 1. The minimum absolute atomic E-state index is 0.320. The lowest BCUT2D eigenvalue weighted by Gasteiger charge is -2.22. The van der Waals surface area contributed by atoms with Gasteiger partial charge in [-0.25, -0.2) is 4.79 Å². The molecule has 1 atom stereocenters. The SMILES string of the molecule is COC(=O)c1ccc(CNCC2(C)CCCS2)[nH]1. The van der Waals surface area contributed by atoms with Gasteiger partial charge in [0.05, 0.1) is 7.11 Å². The Balaban J connectivity index is 1.80. The molecule has 0 bridgehead atoms. The van der Waals surface area contributed by atoms with Gasteiger partial charge in [0.25, 0.3) is 0 Å². The average Bonchev–Trinajstić information content (AvgIpc) is 2.98. The molecule has 18 heavy (non-hydrogen) atoms. The monoisotopic (exact) mass is 268 g/mol. The molecule has 1 aliphatic heterocycles. The molecular formula is C13H20N2O2S. The standard InChI is InChI=1S/C13H20N2O2S/c1-13(6-3-7-18-13)9-14-8-10-4-5-11(15-10)12(16)17-2/h4-5,14-15H,3,6-9H2,1-2H3. The fourth-order valence-electron chi connectivity index (χ4n) is 2.21. The number of thioether (sulfide) groups is 1. The first-order valence-electron chi connectivity index (χ1n) is 6.24. The second-order valence-corrected chi connectivity index (χ2v) is 6.58. The maximum Gasteiger partial charge on any atom is 0.354 e. The minimum Gasteiger partial charge on any atom is -0.464 e. The number of rotatable bonds is 5. The van der Waals surface area contributed by atoms with E-state index in [4.69, 9.17) is 0 Å². The Morgan fingerprint density at radius 3 is 3.11 bits per heavy atom. The van der Waals surface area contributed by atoms with Gasteiger partial charge in [-0.05, 0) is 37.7 Å². The highest BCUT2D eigenvalue weighted by Gasteiger charge is 2.28. The van der Waals surface area contributed by atoms with Crippen LogP contribution in [0.15, 0.2) is 12.1 Å². The van der Waals surface area contributed by atoms with Crippen LogP contribution in [0.1, 0.15) is 35.9 Å². The molecule has 1 aromatic rings. The summed E-state index contributed by atoms with van der Waals surface area (Å²) < 4.78 is 5.03. The van der Waals surface area contributed by atoms with E-state index in [2.05, 4.69) is 22.0 Å². The van der Waals surface area contributed by atoms with Crippen molar-refractivity contribution in [1.29, 1.82) is 0 Å². The van der Waals surface area contributed by atoms with Crippen LogP contribution in [-0.2, 0) is 11.3 Å². The van der Waals surface area contributed by atoms with Crippen molar-refractivity contribution in [3.05, 3.63) is 23.5 Å². The molecular weight excluding hydrogens is 248 g/mol. The summed E-state index contributed by atoms with van der Waals surface area (Å²) in [6.45, 7) is 4.07. The zero-order valence-corrected chi connectivity index (χ0v) is 11.7. The number of carbonyl (C=O) groups is 1. The van der Waals surface area contributed by atoms with Crippen LogP contribution >= 0.6 is 11.8 Å². The number of aromatic nitrogens is 1. The maximum atomic E-state index is 11.3. The Morgan fingerprint density at radius 2 is 2.44 bits per heavy atom. The summed E-state index contributed by atoms with van der Waals surface area (Å²) in [6.07, 6.45) is 2.60. The van der Waals surface area contributed by atoms with Gasteiger partial charge in [0.1, 0.15) is 5.69 Å². The van der Waals surface area contributed by atoms with Gasteiger partial charge in [-0.1, -0.05) is 0 Å². The molecule has 1 aliphatic rings. The summed E-state index contributed by atoms with van der Waals surface area (Å²) in [5.41, 5.74) is 1.53. The van der Waals surface area contributed by atoms with E-state index in [0.29, 0.717) is 10.4 Å². The number of hydrogen-bond donors (Lipinski definition) is 2. The Kier molecular flexibility index (Phi) is 4.35. The van der Waals surface area contributed by atoms with Crippen molar-refractivity contribution in [2.45, 2.75) is 31.1 Å². The Bertz CT molecular complexity index is 411. The zero-order valence-electron chi connectivity index (χ0n) is 10.9. The van der Waals surface area contributed by atoms with Crippen molar-refractivity contribution in [3.8, 4) is 0 Å². The summed E-state index contributed by atoms with van der Waals surface area (Å²) in [5.74, 6) is 0.951. The summed E-state index contributed by atoms with van der Waals surface area (Å²) in [6, 6.07) is 3.68. The Labute approximate surface area is 112 Å². The lowest BCUT2D eigenvalue weighted by atomic mass is 10.1. The topological polar surface area (TPSA) is 54.1 Å². The largest absolute Gasteiger partial charge is 0.464 e. The quantitative estimate of drug-likeness (QED) is 0.804. The van der Waals surface area contributed by atoms with E-state index >= 15 is 0 Å². The average molecular weight is 268 g/mol. The highest BCUT2D eigenvalue weighted by atomic mass is 32.2. The van der Waals surface area contributed by atoms with Crippen molar-refractivity contribution in [2.24, 2.45) is 0 Å². The van der Waals surface area contributed by atoms with Crippen molar-refractivity contribution in [3.63, 3.8) is 0 Å². The summed E-state index contributed by atoms with van der Waals surface area (Å²) in [5, 5.41) is 3.45. The predicted molar refractivity (Wildman–Crippen MR) is 73.9 cm³/mol. The maximum absolute atomic E-state index is 11.3. The molecule has 2 rings (SSSR count). The van der Waals surface area contributed by atoms with Gasteiger partial charge in [-0.2, -0.15) is 11.8 Å². The number of H-pyrrole nitrogens is 1. The van der Waals surface area contributed by atoms with Crippen LogP contribution in [-0.4, -0.2) is 35.1 Å². The van der Waals surface area contributed by atoms with Gasteiger partial charge in [0, 0.05) is 23.5 Å². The lowest BCUT2D eigenvalue weighted by molar-refractivity contribution is 0.0594. The van der Waals surface area contributed by atoms with Crippen LogP contribution in [0.4, 0.5) is 0 Å². The van der Waals surface area contributed by atoms with Crippen molar-refractivity contribution >= 4 is 17.7 Å². The zero-order chi connectivity index (χ0) is 13.0. The van der Waals surface area contributed by atoms with Gasteiger partial charge in [0.15, 0.2) is 0 Å².